The van der Waals surface area contributed by atoms with E-state index in [0.29, 0.717) is 11.7 Å². The van der Waals surface area contributed by atoms with Crippen LogP contribution in [0, 0.1) is 5.92 Å². The van der Waals surface area contributed by atoms with Crippen LogP contribution in [0.3, 0.4) is 0 Å². The van der Waals surface area contributed by atoms with Gasteiger partial charge in [0, 0.05) is 28.1 Å². The minimum absolute atomic E-state index is 0.254. The molecule has 0 saturated carbocycles. The molecule has 2 unspecified atom stereocenters. The van der Waals surface area contributed by atoms with Gasteiger partial charge in [-0.1, -0.05) is 166 Å². The van der Waals surface area contributed by atoms with E-state index in [9.17, 15) is 0 Å². The first-order valence-electron chi connectivity index (χ1n) is 17.3. The highest BCUT2D eigenvalue weighted by Gasteiger charge is 2.17. The van der Waals surface area contributed by atoms with E-state index in [1.165, 1.54) is 0 Å². The van der Waals surface area contributed by atoms with Gasteiger partial charge in [-0.3, -0.25) is 4.99 Å². The smallest absolute Gasteiger partial charge is 0.160 e. The van der Waals surface area contributed by atoms with E-state index in [1.54, 1.807) is 0 Å². The van der Waals surface area contributed by atoms with Crippen molar-refractivity contribution >= 4 is 11.4 Å². The molecule has 0 fully saturated rings. The standard InChI is InChI=1S/C46H40N4/c1-3-33(2)44(35-20-10-5-11-21-35)50-45(36-22-12-6-13-23-36)47-41-29-17-27-39(31-41)38-26-16-28-40(30-38)43-32-42(34-18-8-4-9-19-34)48-46(49-43)37-24-14-7-15-25-37/h4-33,45,47H,3H2,1-2H3/b50-44+. The molecule has 4 heteroatoms. The Morgan fingerprint density at radius 1 is 0.540 bits per heavy atom. The first-order valence-corrected chi connectivity index (χ1v) is 17.3. The number of hydrogen-bond acceptors (Lipinski definition) is 4. The van der Waals surface area contributed by atoms with Crippen molar-refractivity contribution < 1.29 is 0 Å². The summed E-state index contributed by atoms with van der Waals surface area (Å²) < 4.78 is 0. The zero-order valence-corrected chi connectivity index (χ0v) is 28.4. The Hall–Kier alpha value is -6.13. The van der Waals surface area contributed by atoms with Gasteiger partial charge < -0.3 is 5.32 Å². The molecule has 1 aromatic heterocycles. The Kier molecular flexibility index (Phi) is 9.98. The van der Waals surface area contributed by atoms with Crippen LogP contribution in [0.1, 0.15) is 37.6 Å². The quantitative estimate of drug-likeness (QED) is 0.142. The predicted molar refractivity (Wildman–Crippen MR) is 209 cm³/mol. The van der Waals surface area contributed by atoms with E-state index in [-0.39, 0.29) is 6.17 Å². The van der Waals surface area contributed by atoms with Gasteiger partial charge in [0.05, 0.1) is 11.4 Å². The third-order valence-electron chi connectivity index (χ3n) is 9.02. The van der Waals surface area contributed by atoms with Gasteiger partial charge in [-0.25, -0.2) is 9.97 Å². The average Bonchev–Trinajstić information content (AvgIpc) is 3.20. The van der Waals surface area contributed by atoms with Crippen LogP contribution in [-0.2, 0) is 0 Å². The molecule has 0 bridgehead atoms. The molecule has 7 rings (SSSR count). The summed E-state index contributed by atoms with van der Waals surface area (Å²) in [5.41, 5.74) is 11.4. The van der Waals surface area contributed by atoms with Crippen molar-refractivity contribution in [2.24, 2.45) is 10.9 Å². The van der Waals surface area contributed by atoms with Crippen LogP contribution < -0.4 is 5.32 Å². The second-order valence-electron chi connectivity index (χ2n) is 12.5. The van der Waals surface area contributed by atoms with Crippen LogP contribution in [0.15, 0.2) is 181 Å². The molecule has 244 valence electrons. The molecule has 7 aromatic rings. The van der Waals surface area contributed by atoms with Gasteiger partial charge >= 0.3 is 0 Å². The Balaban J connectivity index is 1.24. The molecule has 6 aromatic carbocycles. The topological polar surface area (TPSA) is 50.2 Å². The number of rotatable bonds is 11. The number of aliphatic imine (C=N–C) groups is 1. The maximum Gasteiger partial charge on any atom is 0.160 e. The first-order chi connectivity index (χ1) is 24.6. The number of nitrogens with zero attached hydrogens (tertiary/aromatic N) is 3. The van der Waals surface area contributed by atoms with Gasteiger partial charge in [-0.2, -0.15) is 0 Å². The van der Waals surface area contributed by atoms with E-state index in [1.807, 2.05) is 42.5 Å². The Morgan fingerprint density at radius 2 is 1.06 bits per heavy atom. The minimum atomic E-state index is -0.254. The van der Waals surface area contributed by atoms with Crippen LogP contribution in [0.5, 0.6) is 0 Å². The average molecular weight is 649 g/mol. The predicted octanol–water partition coefficient (Wildman–Crippen LogP) is 11.8. The fraction of sp³-hybridized carbons (Fsp3) is 0.109. The van der Waals surface area contributed by atoms with Crippen LogP contribution >= 0.6 is 0 Å². The van der Waals surface area contributed by atoms with Gasteiger partial charge in [0.15, 0.2) is 5.82 Å². The summed E-state index contributed by atoms with van der Waals surface area (Å²) in [6.45, 7) is 4.48. The molecule has 0 radical (unpaired) electrons. The van der Waals surface area contributed by atoms with Crippen molar-refractivity contribution in [1.82, 2.24) is 9.97 Å². The molecule has 0 amide bonds. The van der Waals surface area contributed by atoms with Gasteiger partial charge in [0.1, 0.15) is 6.17 Å². The third-order valence-corrected chi connectivity index (χ3v) is 9.02. The van der Waals surface area contributed by atoms with Gasteiger partial charge in [-0.15, -0.1) is 0 Å². The van der Waals surface area contributed by atoms with Crippen molar-refractivity contribution in [2.75, 3.05) is 5.32 Å². The van der Waals surface area contributed by atoms with Crippen molar-refractivity contribution in [3.63, 3.8) is 0 Å². The highest BCUT2D eigenvalue weighted by molar-refractivity contribution is 6.02. The number of benzene rings is 6. The lowest BCUT2D eigenvalue weighted by Crippen LogP contribution is -2.17. The van der Waals surface area contributed by atoms with Gasteiger partial charge in [-0.05, 0) is 58.9 Å². The highest BCUT2D eigenvalue weighted by atomic mass is 15.1. The molecule has 0 aliphatic carbocycles. The number of nitrogens with one attached hydrogen (secondary N) is 1. The number of anilines is 1. The van der Waals surface area contributed by atoms with E-state index < -0.39 is 0 Å². The fourth-order valence-electron chi connectivity index (χ4n) is 6.13. The Labute approximate surface area is 295 Å². The molecule has 0 aliphatic rings. The molecule has 50 heavy (non-hydrogen) atoms. The summed E-state index contributed by atoms with van der Waals surface area (Å²) in [7, 11) is 0. The maximum absolute atomic E-state index is 5.40. The Bertz CT molecular complexity index is 2120. The summed E-state index contributed by atoms with van der Waals surface area (Å²) in [5.74, 6) is 1.02. The van der Waals surface area contributed by atoms with Crippen molar-refractivity contribution in [3.8, 4) is 45.0 Å². The highest BCUT2D eigenvalue weighted by Crippen LogP contribution is 2.32. The maximum atomic E-state index is 5.40. The summed E-state index contributed by atoms with van der Waals surface area (Å²) in [4.78, 5) is 15.4. The summed E-state index contributed by atoms with van der Waals surface area (Å²) in [5, 5.41) is 3.77. The SMILES string of the molecule is CCC(C)/C(=N\C(Nc1cccc(-c2cccc(-c3cc(-c4ccccc4)nc(-c4ccccc4)n3)c2)c1)c1ccccc1)c1ccccc1. The lowest BCUT2D eigenvalue weighted by molar-refractivity contribution is 0.720. The second kappa shape index (κ2) is 15.4. The fourth-order valence-corrected chi connectivity index (χ4v) is 6.13. The van der Waals surface area contributed by atoms with Crippen molar-refractivity contribution in [3.05, 3.63) is 187 Å². The van der Waals surface area contributed by atoms with Crippen molar-refractivity contribution in [1.29, 1.82) is 0 Å². The molecule has 1 heterocycles. The van der Waals surface area contributed by atoms with Crippen molar-refractivity contribution in [2.45, 2.75) is 26.4 Å². The molecule has 0 spiro atoms. The lowest BCUT2D eigenvalue weighted by atomic mass is 9.95. The lowest BCUT2D eigenvalue weighted by Gasteiger charge is -2.22. The van der Waals surface area contributed by atoms with E-state index in [0.717, 1.165) is 68.2 Å². The zero-order valence-electron chi connectivity index (χ0n) is 28.4. The number of aromatic nitrogens is 2. The molecule has 2 atom stereocenters. The molecular formula is C46H40N4. The van der Waals surface area contributed by atoms with Crippen LogP contribution in [0.4, 0.5) is 5.69 Å². The second-order valence-corrected chi connectivity index (χ2v) is 12.5. The Morgan fingerprint density at radius 3 is 1.72 bits per heavy atom. The molecule has 0 aliphatic heterocycles. The minimum Gasteiger partial charge on any atom is -0.360 e. The summed E-state index contributed by atoms with van der Waals surface area (Å²) in [6.07, 6.45) is 0.753. The van der Waals surface area contributed by atoms with Crippen LogP contribution in [0.25, 0.3) is 45.0 Å². The van der Waals surface area contributed by atoms with E-state index >= 15 is 0 Å². The monoisotopic (exact) mass is 648 g/mol. The van der Waals surface area contributed by atoms with Gasteiger partial charge in [0.2, 0.25) is 0 Å². The normalized spacial score (nSPS) is 12.6. The van der Waals surface area contributed by atoms with E-state index in [4.69, 9.17) is 15.0 Å². The molecule has 1 N–H and O–H groups in total. The van der Waals surface area contributed by atoms with Gasteiger partial charge in [0.25, 0.3) is 0 Å². The largest absolute Gasteiger partial charge is 0.360 e. The van der Waals surface area contributed by atoms with E-state index in [2.05, 4.69) is 153 Å². The van der Waals surface area contributed by atoms with Crippen LogP contribution in [0.2, 0.25) is 0 Å². The third kappa shape index (κ3) is 7.61. The molecular weight excluding hydrogens is 609 g/mol. The summed E-state index contributed by atoms with van der Waals surface area (Å²) >= 11 is 0. The molecule has 4 nitrogen and oxygen atoms in total. The summed E-state index contributed by atoms with van der Waals surface area (Å²) in [6, 6.07) is 60.8. The van der Waals surface area contributed by atoms with Crippen LogP contribution in [-0.4, -0.2) is 15.7 Å². The molecule has 0 saturated heterocycles. The zero-order chi connectivity index (χ0) is 34.1. The number of hydrogen-bond donors (Lipinski definition) is 1. The first kappa shape index (κ1) is 32.4.